The Kier molecular flexibility index (Phi) is 4.16. The van der Waals surface area contributed by atoms with Gasteiger partial charge in [-0.15, -0.1) is 0 Å². The minimum absolute atomic E-state index is 0.269. The Morgan fingerprint density at radius 1 is 1.22 bits per heavy atom. The summed E-state index contributed by atoms with van der Waals surface area (Å²) in [5, 5.41) is 0. The third-order valence-electron chi connectivity index (χ3n) is 3.06. The van der Waals surface area contributed by atoms with Gasteiger partial charge in [0.05, 0.1) is 0 Å². The molecule has 0 amide bonds. The van der Waals surface area contributed by atoms with Gasteiger partial charge in [-0.05, 0) is 0 Å². The summed E-state index contributed by atoms with van der Waals surface area (Å²) in [5.74, 6) is 1.06. The Hall–Kier alpha value is -0.361. The first-order valence-corrected chi connectivity index (χ1v) is 16.6. The van der Waals surface area contributed by atoms with E-state index in [9.17, 15) is 0 Å². The molecule has 0 radical (unpaired) electrons. The Balaban J connectivity index is 2.23. The average molecular weight is 356 g/mol. The molecule has 0 aliphatic carbocycles. The monoisotopic (exact) mass is 357 g/mol. The third kappa shape index (κ3) is 3.35. The van der Waals surface area contributed by atoms with Gasteiger partial charge in [0.25, 0.3) is 0 Å². The first kappa shape index (κ1) is 14.1. The molecule has 1 aliphatic rings. The molecule has 0 N–H and O–H groups in total. The van der Waals surface area contributed by atoms with E-state index in [0.29, 0.717) is 0 Å². The summed E-state index contributed by atoms with van der Waals surface area (Å²) in [7, 11) is 0. The molecule has 1 aromatic rings. The molecule has 100 valence electrons. The van der Waals surface area contributed by atoms with Crippen molar-refractivity contribution >= 4 is 28.0 Å². The van der Waals surface area contributed by atoms with Crippen molar-refractivity contribution < 1.29 is 4.74 Å². The maximum absolute atomic E-state index is 5.76. The van der Waals surface area contributed by atoms with Crippen molar-refractivity contribution in [2.75, 3.05) is 18.0 Å². The second-order valence-corrected chi connectivity index (χ2v) is 20.3. The molecule has 1 saturated heterocycles. The predicted octanol–water partition coefficient (Wildman–Crippen LogP) is 1.64. The van der Waals surface area contributed by atoms with Crippen LogP contribution in [0, 0.1) is 0 Å². The molecule has 2 heterocycles. The molecule has 4 nitrogen and oxygen atoms in total. The van der Waals surface area contributed by atoms with E-state index in [1.54, 1.807) is 0 Å². The van der Waals surface area contributed by atoms with Crippen molar-refractivity contribution in [3.05, 3.63) is 12.3 Å². The van der Waals surface area contributed by atoms with Gasteiger partial charge in [-0.25, -0.2) is 0 Å². The zero-order valence-corrected chi connectivity index (χ0v) is 14.8. The number of nitrogens with zero attached hydrogens (tertiary/aromatic N) is 3. The maximum atomic E-state index is 5.76. The molecule has 0 spiro atoms. The Morgan fingerprint density at radius 3 is 2.39 bits per heavy atom. The molecule has 18 heavy (non-hydrogen) atoms. The van der Waals surface area contributed by atoms with E-state index in [4.69, 9.17) is 9.72 Å². The number of hydrogen-bond acceptors (Lipinski definition) is 4. The first-order valence-electron chi connectivity index (χ1n) is 6.60. The topological polar surface area (TPSA) is 38.2 Å². The van der Waals surface area contributed by atoms with E-state index in [1.807, 2.05) is 12.3 Å². The minimum atomic E-state index is -2.17. The van der Waals surface area contributed by atoms with Crippen LogP contribution in [0.5, 0.6) is 0 Å². The molecule has 0 bridgehead atoms. The summed E-state index contributed by atoms with van der Waals surface area (Å²) in [5.41, 5.74) is 0. The third-order valence-corrected chi connectivity index (χ3v) is 7.57. The SMILES string of the molecule is CC1CN(c2ccn[c]([Sn]([CH3])([CH3])[CH3])n2)CC(C)O1. The number of aromatic nitrogens is 2. The molecule has 1 fully saturated rings. The fourth-order valence-corrected chi connectivity index (χ4v) is 4.85. The summed E-state index contributed by atoms with van der Waals surface area (Å²) in [6.07, 6.45) is 2.44. The number of morpholine rings is 1. The number of rotatable bonds is 2. The van der Waals surface area contributed by atoms with Gasteiger partial charge in [0.2, 0.25) is 0 Å². The molecule has 0 saturated carbocycles. The molecule has 2 rings (SSSR count). The van der Waals surface area contributed by atoms with E-state index < -0.39 is 18.4 Å². The molecule has 2 atom stereocenters. The normalized spacial score (nSPS) is 25.3. The van der Waals surface area contributed by atoms with Crippen LogP contribution in [0.25, 0.3) is 0 Å². The summed E-state index contributed by atoms with van der Waals surface area (Å²) in [6.45, 7) is 6.07. The summed E-state index contributed by atoms with van der Waals surface area (Å²) in [4.78, 5) is 18.6. The summed E-state index contributed by atoms with van der Waals surface area (Å²) >= 11 is -2.17. The molecule has 1 aliphatic heterocycles. The van der Waals surface area contributed by atoms with Crippen molar-refractivity contribution in [1.82, 2.24) is 9.97 Å². The van der Waals surface area contributed by atoms with Crippen LogP contribution in [0.1, 0.15) is 13.8 Å². The van der Waals surface area contributed by atoms with Crippen LogP contribution in [0.2, 0.25) is 14.8 Å². The Labute approximate surface area is 114 Å². The zero-order valence-electron chi connectivity index (χ0n) is 12.0. The van der Waals surface area contributed by atoms with Crippen molar-refractivity contribution in [3.63, 3.8) is 0 Å². The van der Waals surface area contributed by atoms with Gasteiger partial charge in [0, 0.05) is 0 Å². The van der Waals surface area contributed by atoms with Crippen LogP contribution >= 0.6 is 0 Å². The zero-order chi connectivity index (χ0) is 13.3. The fraction of sp³-hybridized carbons (Fsp3) is 0.692. The van der Waals surface area contributed by atoms with Gasteiger partial charge in [-0.1, -0.05) is 0 Å². The summed E-state index contributed by atoms with van der Waals surface area (Å²) < 4.78 is 6.87. The number of ether oxygens (including phenoxy) is 1. The van der Waals surface area contributed by atoms with Gasteiger partial charge in [0.15, 0.2) is 0 Å². The molecule has 0 aromatic carbocycles. The van der Waals surface area contributed by atoms with Crippen LogP contribution in [-0.4, -0.2) is 53.6 Å². The second kappa shape index (κ2) is 5.33. The fourth-order valence-electron chi connectivity index (χ4n) is 2.25. The van der Waals surface area contributed by atoms with Crippen molar-refractivity contribution in [2.24, 2.45) is 0 Å². The summed E-state index contributed by atoms with van der Waals surface area (Å²) in [6, 6.07) is 2.02. The second-order valence-electron chi connectivity index (χ2n) is 6.15. The standard InChI is InChI=1S/C10H14N3O.3CH3.Sn/c1-8-5-13(6-9(2)14-8)10-3-4-11-7-12-10;;;;/h3-4,8-9H,5-6H2,1-2H3;3*1H3;. The van der Waals surface area contributed by atoms with Gasteiger partial charge in [-0.3, -0.25) is 0 Å². The van der Waals surface area contributed by atoms with E-state index in [1.165, 1.54) is 0 Å². The van der Waals surface area contributed by atoms with E-state index in [2.05, 4.69) is 38.6 Å². The molecular formula is C13H23N3OSn. The van der Waals surface area contributed by atoms with Gasteiger partial charge in [0.1, 0.15) is 0 Å². The van der Waals surface area contributed by atoms with Crippen LogP contribution < -0.4 is 8.74 Å². The van der Waals surface area contributed by atoms with Crippen molar-refractivity contribution in [3.8, 4) is 0 Å². The predicted molar refractivity (Wildman–Crippen MR) is 77.2 cm³/mol. The first-order chi connectivity index (χ1) is 8.36. The Morgan fingerprint density at radius 2 is 1.83 bits per heavy atom. The van der Waals surface area contributed by atoms with Gasteiger partial charge in [-0.2, -0.15) is 0 Å². The Bertz CT molecular complexity index is 409. The molecule has 1 aromatic heterocycles. The van der Waals surface area contributed by atoms with Gasteiger partial charge >= 0.3 is 114 Å². The number of hydrogen-bond donors (Lipinski definition) is 0. The van der Waals surface area contributed by atoms with Crippen LogP contribution in [0.3, 0.4) is 0 Å². The molecular weight excluding hydrogens is 333 g/mol. The quantitative estimate of drug-likeness (QED) is 0.756. The number of anilines is 1. The average Bonchev–Trinajstić information content (AvgIpc) is 2.27. The molecule has 5 heteroatoms. The van der Waals surface area contributed by atoms with Crippen molar-refractivity contribution in [2.45, 2.75) is 40.9 Å². The van der Waals surface area contributed by atoms with Gasteiger partial charge < -0.3 is 0 Å². The van der Waals surface area contributed by atoms with E-state index in [-0.39, 0.29) is 12.2 Å². The molecule has 2 unspecified atom stereocenters. The van der Waals surface area contributed by atoms with E-state index in [0.717, 1.165) is 22.7 Å². The van der Waals surface area contributed by atoms with Crippen LogP contribution in [0.15, 0.2) is 12.3 Å². The van der Waals surface area contributed by atoms with Crippen LogP contribution in [-0.2, 0) is 4.74 Å². The van der Waals surface area contributed by atoms with E-state index >= 15 is 0 Å². The van der Waals surface area contributed by atoms with Crippen molar-refractivity contribution in [1.29, 1.82) is 0 Å². The van der Waals surface area contributed by atoms with Crippen LogP contribution in [0.4, 0.5) is 5.82 Å².